The van der Waals surface area contributed by atoms with Crippen molar-refractivity contribution in [1.29, 1.82) is 0 Å². The smallest absolute Gasteiger partial charge is 0.291 e. The molecule has 1 aromatic heterocycles. The SMILES string of the molecule is CN(C(=O)c1ncnc(C(=O)N(C)C23CC4CC(CC(C4)C2)C3)n1)C12CC3CC(CC(C3)C1)C2. The quantitative estimate of drug-likeness (QED) is 0.675. The Morgan fingerprint density at radius 3 is 1.24 bits per heavy atom. The standard InChI is InChI=1S/C27H37N5O2/c1-31(26-9-16-3-17(10-26)5-18(4-16)11-26)24(33)22-28-15-29-23(30-22)25(34)32(2)27-12-19-6-20(13-27)8-21(7-19)14-27/h15-21H,3-14H2,1-2H3. The van der Waals surface area contributed by atoms with Crippen LogP contribution in [0.4, 0.5) is 0 Å². The van der Waals surface area contributed by atoms with Crippen LogP contribution in [0.1, 0.15) is 98.3 Å². The van der Waals surface area contributed by atoms with Gasteiger partial charge in [0.1, 0.15) is 6.33 Å². The van der Waals surface area contributed by atoms with Crippen molar-refractivity contribution in [2.75, 3.05) is 14.1 Å². The zero-order chi connectivity index (χ0) is 23.2. The molecule has 7 heteroatoms. The second kappa shape index (κ2) is 7.23. The van der Waals surface area contributed by atoms with Gasteiger partial charge >= 0.3 is 0 Å². The van der Waals surface area contributed by atoms with Crippen LogP contribution in [0.2, 0.25) is 0 Å². The van der Waals surface area contributed by atoms with Gasteiger partial charge in [0.2, 0.25) is 11.6 Å². The van der Waals surface area contributed by atoms with Crippen LogP contribution in [0.3, 0.4) is 0 Å². The molecule has 8 saturated carbocycles. The number of carbonyl (C=O) groups is 2. The van der Waals surface area contributed by atoms with E-state index >= 15 is 0 Å². The van der Waals surface area contributed by atoms with Crippen molar-refractivity contribution in [1.82, 2.24) is 24.8 Å². The van der Waals surface area contributed by atoms with Gasteiger partial charge in [0.15, 0.2) is 0 Å². The highest BCUT2D eigenvalue weighted by molar-refractivity contribution is 5.94. The summed E-state index contributed by atoms with van der Waals surface area (Å²) in [4.78, 5) is 44.0. The van der Waals surface area contributed by atoms with Crippen molar-refractivity contribution < 1.29 is 9.59 Å². The lowest BCUT2D eigenvalue weighted by molar-refractivity contribution is -0.0670. The number of nitrogens with zero attached hydrogens (tertiary/aromatic N) is 5. The molecule has 7 nitrogen and oxygen atoms in total. The molecular formula is C27H37N5O2. The van der Waals surface area contributed by atoms with Gasteiger partial charge in [-0.2, -0.15) is 4.98 Å². The molecule has 2 amide bonds. The third kappa shape index (κ3) is 3.10. The first-order chi connectivity index (χ1) is 16.3. The molecule has 8 fully saturated rings. The third-order valence-electron chi connectivity index (χ3n) is 11.0. The first-order valence-corrected chi connectivity index (χ1v) is 13.6. The van der Waals surface area contributed by atoms with Crippen LogP contribution in [0, 0.1) is 35.5 Å². The molecule has 0 atom stereocenters. The minimum absolute atomic E-state index is 0.0569. The highest BCUT2D eigenvalue weighted by atomic mass is 16.2. The second-order valence-electron chi connectivity index (χ2n) is 13.1. The Balaban J connectivity index is 1.12. The normalized spacial score (nSPS) is 43.2. The summed E-state index contributed by atoms with van der Waals surface area (Å²) in [6.45, 7) is 0. The molecule has 0 aliphatic heterocycles. The van der Waals surface area contributed by atoms with Gasteiger partial charge < -0.3 is 9.80 Å². The van der Waals surface area contributed by atoms with Crippen LogP contribution in [0.15, 0.2) is 6.33 Å². The van der Waals surface area contributed by atoms with Gasteiger partial charge in [-0.3, -0.25) is 9.59 Å². The lowest BCUT2D eigenvalue weighted by Gasteiger charge is -2.59. The molecule has 9 rings (SSSR count). The predicted molar refractivity (Wildman–Crippen MR) is 126 cm³/mol. The highest BCUT2D eigenvalue weighted by Gasteiger charge is 2.55. The summed E-state index contributed by atoms with van der Waals surface area (Å²) in [5.74, 6) is 4.46. The van der Waals surface area contributed by atoms with Crippen molar-refractivity contribution in [3.8, 4) is 0 Å². The van der Waals surface area contributed by atoms with E-state index in [0.717, 1.165) is 74.0 Å². The van der Waals surface area contributed by atoms with E-state index in [1.54, 1.807) is 0 Å². The zero-order valence-corrected chi connectivity index (χ0v) is 20.6. The summed E-state index contributed by atoms with van der Waals surface area (Å²) in [5.41, 5.74) is -0.114. The van der Waals surface area contributed by atoms with Crippen LogP contribution < -0.4 is 0 Å². The predicted octanol–water partition coefficient (Wildman–Crippen LogP) is 3.95. The maximum absolute atomic E-state index is 13.6. The summed E-state index contributed by atoms with van der Waals surface area (Å²) < 4.78 is 0. The molecule has 0 spiro atoms. The monoisotopic (exact) mass is 463 g/mol. The van der Waals surface area contributed by atoms with Crippen LogP contribution in [0.25, 0.3) is 0 Å². The number of hydrogen-bond acceptors (Lipinski definition) is 5. The van der Waals surface area contributed by atoms with Crippen LogP contribution in [-0.2, 0) is 0 Å². The Hall–Kier alpha value is -2.05. The molecule has 0 N–H and O–H groups in total. The zero-order valence-electron chi connectivity index (χ0n) is 20.6. The van der Waals surface area contributed by atoms with Crippen molar-refractivity contribution in [2.24, 2.45) is 35.5 Å². The molecule has 8 aliphatic carbocycles. The van der Waals surface area contributed by atoms with E-state index in [1.807, 2.05) is 23.9 Å². The molecular weight excluding hydrogens is 426 g/mol. The molecule has 0 aromatic carbocycles. The Bertz CT molecular complexity index is 890. The molecule has 8 aliphatic rings. The van der Waals surface area contributed by atoms with Gasteiger partial charge in [-0.05, 0) is 113 Å². The maximum atomic E-state index is 13.6. The third-order valence-corrected chi connectivity index (χ3v) is 11.0. The van der Waals surface area contributed by atoms with E-state index in [1.165, 1.54) is 44.9 Å². The van der Waals surface area contributed by atoms with Gasteiger partial charge in [0.05, 0.1) is 0 Å². The molecule has 1 heterocycles. The Kier molecular flexibility index (Phi) is 4.52. The molecule has 0 saturated heterocycles. The van der Waals surface area contributed by atoms with Crippen LogP contribution in [-0.4, -0.2) is 61.7 Å². The summed E-state index contributed by atoms with van der Waals surface area (Å²) in [6.07, 6.45) is 16.0. The summed E-state index contributed by atoms with van der Waals surface area (Å²) >= 11 is 0. The van der Waals surface area contributed by atoms with Gasteiger partial charge in [-0.15, -0.1) is 0 Å². The summed E-state index contributed by atoms with van der Waals surface area (Å²) in [7, 11) is 3.87. The molecule has 182 valence electrons. The van der Waals surface area contributed by atoms with Crippen molar-refractivity contribution in [2.45, 2.75) is 88.1 Å². The number of carbonyl (C=O) groups excluding carboxylic acids is 2. The Labute approximate surface area is 202 Å². The maximum Gasteiger partial charge on any atom is 0.291 e. The number of aromatic nitrogens is 3. The molecule has 34 heavy (non-hydrogen) atoms. The van der Waals surface area contributed by atoms with E-state index < -0.39 is 0 Å². The van der Waals surface area contributed by atoms with Gasteiger partial charge in [0.25, 0.3) is 11.8 Å². The number of hydrogen-bond donors (Lipinski definition) is 0. The summed E-state index contributed by atoms with van der Waals surface area (Å²) in [6, 6.07) is 0. The van der Waals surface area contributed by atoms with Crippen LogP contribution in [0.5, 0.6) is 0 Å². The Morgan fingerprint density at radius 2 is 0.941 bits per heavy atom. The topological polar surface area (TPSA) is 79.3 Å². The molecule has 0 radical (unpaired) electrons. The average Bonchev–Trinajstić information content (AvgIpc) is 2.80. The first kappa shape index (κ1) is 21.3. The van der Waals surface area contributed by atoms with Crippen molar-refractivity contribution >= 4 is 11.8 Å². The van der Waals surface area contributed by atoms with E-state index in [4.69, 9.17) is 0 Å². The van der Waals surface area contributed by atoms with E-state index in [0.29, 0.717) is 0 Å². The average molecular weight is 464 g/mol. The number of amides is 2. The Morgan fingerprint density at radius 1 is 0.647 bits per heavy atom. The van der Waals surface area contributed by atoms with E-state index in [2.05, 4.69) is 15.0 Å². The fourth-order valence-corrected chi connectivity index (χ4v) is 10.2. The van der Waals surface area contributed by atoms with E-state index in [-0.39, 0.29) is 34.5 Å². The highest BCUT2D eigenvalue weighted by Crippen LogP contribution is 2.58. The lowest BCUT2D eigenvalue weighted by Crippen LogP contribution is -2.60. The summed E-state index contributed by atoms with van der Waals surface area (Å²) in [5, 5.41) is 0. The second-order valence-corrected chi connectivity index (χ2v) is 13.1. The lowest BCUT2D eigenvalue weighted by atomic mass is 9.52. The fourth-order valence-electron chi connectivity index (χ4n) is 10.2. The largest absolute Gasteiger partial charge is 0.333 e. The van der Waals surface area contributed by atoms with Crippen molar-refractivity contribution in [3.05, 3.63) is 18.0 Å². The fraction of sp³-hybridized carbons (Fsp3) is 0.815. The minimum atomic E-state index is -0.157. The van der Waals surface area contributed by atoms with Crippen molar-refractivity contribution in [3.63, 3.8) is 0 Å². The molecule has 8 bridgehead atoms. The molecule has 0 unspecified atom stereocenters. The van der Waals surface area contributed by atoms with E-state index in [9.17, 15) is 9.59 Å². The minimum Gasteiger partial charge on any atom is -0.333 e. The molecule has 1 aromatic rings. The van der Waals surface area contributed by atoms with Gasteiger partial charge in [0, 0.05) is 25.2 Å². The van der Waals surface area contributed by atoms with Gasteiger partial charge in [-0.1, -0.05) is 0 Å². The van der Waals surface area contributed by atoms with Crippen LogP contribution >= 0.6 is 0 Å². The van der Waals surface area contributed by atoms with Gasteiger partial charge in [-0.25, -0.2) is 9.97 Å². The first-order valence-electron chi connectivity index (χ1n) is 13.6. The number of rotatable bonds is 4.